The highest BCUT2D eigenvalue weighted by atomic mass is 19.4. The molecule has 1 aromatic heterocycles. The SMILES string of the molecule is NC1(c2noc(C(F)(F)F)n2)Cc2ccccc2C1. The minimum Gasteiger partial charge on any atom is -0.329 e. The first-order chi connectivity index (χ1) is 8.88. The van der Waals surface area contributed by atoms with Crippen molar-refractivity contribution in [3.63, 3.8) is 0 Å². The van der Waals surface area contributed by atoms with Crippen LogP contribution in [0.2, 0.25) is 0 Å². The molecule has 1 heterocycles. The number of alkyl halides is 3. The van der Waals surface area contributed by atoms with Crippen molar-refractivity contribution in [1.29, 1.82) is 0 Å². The fourth-order valence-corrected chi connectivity index (χ4v) is 2.34. The molecule has 100 valence electrons. The normalized spacial score (nSPS) is 17.5. The summed E-state index contributed by atoms with van der Waals surface area (Å²) in [6.45, 7) is 0. The first-order valence-electron chi connectivity index (χ1n) is 5.65. The smallest absolute Gasteiger partial charge is 0.329 e. The van der Waals surface area contributed by atoms with Crippen molar-refractivity contribution in [2.45, 2.75) is 24.6 Å². The van der Waals surface area contributed by atoms with E-state index in [0.717, 1.165) is 11.1 Å². The second-order valence-electron chi connectivity index (χ2n) is 4.70. The monoisotopic (exact) mass is 269 g/mol. The molecular formula is C12H10F3N3O. The Kier molecular flexibility index (Phi) is 2.43. The molecule has 0 saturated carbocycles. The maximum absolute atomic E-state index is 12.4. The van der Waals surface area contributed by atoms with Crippen LogP contribution in [0.25, 0.3) is 0 Å². The Morgan fingerprint density at radius 1 is 1.16 bits per heavy atom. The number of aromatic nitrogens is 2. The number of hydrogen-bond acceptors (Lipinski definition) is 4. The minimum atomic E-state index is -4.65. The van der Waals surface area contributed by atoms with Crippen LogP contribution in [-0.4, -0.2) is 10.1 Å². The second-order valence-corrected chi connectivity index (χ2v) is 4.70. The van der Waals surface area contributed by atoms with Gasteiger partial charge in [-0.05, 0) is 24.0 Å². The summed E-state index contributed by atoms with van der Waals surface area (Å²) in [7, 11) is 0. The molecule has 0 fully saturated rings. The van der Waals surface area contributed by atoms with Gasteiger partial charge in [-0.15, -0.1) is 0 Å². The Balaban J connectivity index is 1.94. The number of benzene rings is 1. The fourth-order valence-electron chi connectivity index (χ4n) is 2.34. The third-order valence-electron chi connectivity index (χ3n) is 3.24. The van der Waals surface area contributed by atoms with Crippen LogP contribution in [0.1, 0.15) is 22.8 Å². The number of halogens is 3. The van der Waals surface area contributed by atoms with Gasteiger partial charge in [-0.2, -0.15) is 18.2 Å². The molecule has 3 rings (SSSR count). The van der Waals surface area contributed by atoms with E-state index < -0.39 is 17.6 Å². The summed E-state index contributed by atoms with van der Waals surface area (Å²) < 4.78 is 41.6. The van der Waals surface area contributed by atoms with Gasteiger partial charge in [-0.25, -0.2) is 0 Å². The molecule has 0 aliphatic heterocycles. The molecule has 1 aliphatic rings. The van der Waals surface area contributed by atoms with Crippen molar-refractivity contribution >= 4 is 0 Å². The number of nitrogens with zero attached hydrogens (tertiary/aromatic N) is 2. The van der Waals surface area contributed by atoms with Crippen LogP contribution in [0.4, 0.5) is 13.2 Å². The van der Waals surface area contributed by atoms with E-state index in [9.17, 15) is 13.2 Å². The predicted octanol–water partition coefficient (Wildman–Crippen LogP) is 2.04. The second kappa shape index (κ2) is 3.80. The lowest BCUT2D eigenvalue weighted by atomic mass is 9.96. The molecule has 7 heteroatoms. The van der Waals surface area contributed by atoms with Crippen LogP contribution in [0.5, 0.6) is 0 Å². The zero-order valence-corrected chi connectivity index (χ0v) is 9.74. The molecule has 0 radical (unpaired) electrons. The van der Waals surface area contributed by atoms with Crippen LogP contribution < -0.4 is 5.73 Å². The number of rotatable bonds is 1. The first kappa shape index (κ1) is 12.2. The van der Waals surface area contributed by atoms with Crippen LogP contribution in [0.15, 0.2) is 28.8 Å². The Bertz CT molecular complexity index is 596. The maximum Gasteiger partial charge on any atom is 0.471 e. The van der Waals surface area contributed by atoms with Crippen LogP contribution in [0.3, 0.4) is 0 Å². The summed E-state index contributed by atoms with van der Waals surface area (Å²) in [5, 5.41) is 3.39. The Labute approximate surface area is 106 Å². The van der Waals surface area contributed by atoms with Crippen molar-refractivity contribution in [2.75, 3.05) is 0 Å². The zero-order chi connectivity index (χ0) is 13.7. The predicted molar refractivity (Wildman–Crippen MR) is 59.0 cm³/mol. The highest BCUT2D eigenvalue weighted by molar-refractivity contribution is 5.37. The summed E-state index contributed by atoms with van der Waals surface area (Å²) in [6.07, 6.45) is -3.84. The van der Waals surface area contributed by atoms with Gasteiger partial charge >= 0.3 is 12.1 Å². The van der Waals surface area contributed by atoms with Gasteiger partial charge in [0.15, 0.2) is 5.82 Å². The number of nitrogens with two attached hydrogens (primary N) is 1. The third kappa shape index (κ3) is 1.99. The van der Waals surface area contributed by atoms with E-state index in [1.54, 1.807) is 0 Å². The van der Waals surface area contributed by atoms with Gasteiger partial charge < -0.3 is 10.3 Å². The van der Waals surface area contributed by atoms with Crippen molar-refractivity contribution in [3.05, 3.63) is 47.1 Å². The number of hydrogen-bond donors (Lipinski definition) is 1. The molecule has 2 aromatic rings. The summed E-state index contributed by atoms with van der Waals surface area (Å²) >= 11 is 0. The maximum atomic E-state index is 12.4. The van der Waals surface area contributed by atoms with E-state index in [1.807, 2.05) is 24.3 Å². The number of fused-ring (bicyclic) bond motifs is 1. The van der Waals surface area contributed by atoms with Crippen LogP contribution in [-0.2, 0) is 24.6 Å². The Morgan fingerprint density at radius 2 is 1.74 bits per heavy atom. The van der Waals surface area contributed by atoms with Crippen molar-refractivity contribution in [1.82, 2.24) is 10.1 Å². The van der Waals surface area contributed by atoms with Gasteiger partial charge in [0.2, 0.25) is 0 Å². The summed E-state index contributed by atoms with van der Waals surface area (Å²) in [4.78, 5) is 3.39. The van der Waals surface area contributed by atoms with Gasteiger partial charge in [-0.3, -0.25) is 0 Å². The van der Waals surface area contributed by atoms with Gasteiger partial charge in [0, 0.05) is 0 Å². The molecule has 0 bridgehead atoms. The minimum absolute atomic E-state index is 0.101. The van der Waals surface area contributed by atoms with E-state index in [4.69, 9.17) is 5.73 Å². The Hall–Kier alpha value is -1.89. The van der Waals surface area contributed by atoms with E-state index in [1.165, 1.54) is 0 Å². The standard InChI is InChI=1S/C12H10F3N3O/c13-12(14,15)10-17-9(18-19-10)11(16)5-7-3-1-2-4-8(7)6-11/h1-4H,5-6,16H2. The molecule has 0 saturated heterocycles. The van der Waals surface area contributed by atoms with E-state index in [2.05, 4.69) is 14.7 Å². The van der Waals surface area contributed by atoms with Crippen molar-refractivity contribution in [3.8, 4) is 0 Å². The van der Waals surface area contributed by atoms with Gasteiger partial charge in [0.1, 0.15) is 0 Å². The van der Waals surface area contributed by atoms with Crippen molar-refractivity contribution in [2.24, 2.45) is 5.73 Å². The molecule has 2 N–H and O–H groups in total. The van der Waals surface area contributed by atoms with Crippen LogP contribution >= 0.6 is 0 Å². The zero-order valence-electron chi connectivity index (χ0n) is 9.74. The topological polar surface area (TPSA) is 64.9 Å². The lowest BCUT2D eigenvalue weighted by Gasteiger charge is -2.18. The van der Waals surface area contributed by atoms with Gasteiger partial charge in [0.25, 0.3) is 0 Å². The molecule has 4 nitrogen and oxygen atoms in total. The van der Waals surface area contributed by atoms with Gasteiger partial charge in [0.05, 0.1) is 5.54 Å². The average molecular weight is 269 g/mol. The average Bonchev–Trinajstić information content (AvgIpc) is 2.91. The molecule has 19 heavy (non-hydrogen) atoms. The fraction of sp³-hybridized carbons (Fsp3) is 0.333. The molecular weight excluding hydrogens is 259 g/mol. The molecule has 0 unspecified atom stereocenters. The Morgan fingerprint density at radius 3 is 2.21 bits per heavy atom. The largest absolute Gasteiger partial charge is 0.471 e. The third-order valence-corrected chi connectivity index (χ3v) is 3.24. The van der Waals surface area contributed by atoms with Gasteiger partial charge in [-0.1, -0.05) is 29.4 Å². The molecule has 1 aliphatic carbocycles. The molecule has 0 amide bonds. The lowest BCUT2D eigenvalue weighted by Crippen LogP contribution is -2.38. The summed E-state index contributed by atoms with van der Waals surface area (Å²) in [5.41, 5.74) is 7.11. The van der Waals surface area contributed by atoms with E-state index in [-0.39, 0.29) is 5.82 Å². The van der Waals surface area contributed by atoms with E-state index in [0.29, 0.717) is 12.8 Å². The molecule has 0 spiro atoms. The lowest BCUT2D eigenvalue weighted by molar-refractivity contribution is -0.159. The quantitative estimate of drug-likeness (QED) is 0.860. The van der Waals surface area contributed by atoms with Crippen molar-refractivity contribution < 1.29 is 17.7 Å². The molecule has 0 atom stereocenters. The molecule has 1 aromatic carbocycles. The summed E-state index contributed by atoms with van der Waals surface area (Å²) in [6, 6.07) is 7.52. The summed E-state index contributed by atoms with van der Waals surface area (Å²) in [5.74, 6) is -1.46. The highest BCUT2D eigenvalue weighted by Gasteiger charge is 2.43. The first-order valence-corrected chi connectivity index (χ1v) is 5.65. The van der Waals surface area contributed by atoms with E-state index >= 15 is 0 Å². The highest BCUT2D eigenvalue weighted by Crippen LogP contribution is 2.36. The van der Waals surface area contributed by atoms with Crippen LogP contribution in [0, 0.1) is 0 Å².